The highest BCUT2D eigenvalue weighted by Crippen LogP contribution is 2.63. The maximum atomic E-state index is 12.2. The summed E-state index contributed by atoms with van der Waals surface area (Å²) in [7, 11) is -2.21. The molecule has 0 spiro atoms. The average Bonchev–Trinajstić information content (AvgIpc) is 1.84. The summed E-state index contributed by atoms with van der Waals surface area (Å²) in [5.41, 5.74) is 0.378. The Morgan fingerprint density at radius 1 is 1.27 bits per heavy atom. The van der Waals surface area contributed by atoms with Crippen molar-refractivity contribution >= 4 is 23.1 Å². The predicted molar refractivity (Wildman–Crippen MR) is 55.9 cm³/mol. The topological polar surface area (TPSA) is 17.1 Å². The van der Waals surface area contributed by atoms with Crippen LogP contribution in [0.1, 0.15) is 27.7 Å². The van der Waals surface area contributed by atoms with E-state index < -0.39 is 7.14 Å². The summed E-state index contributed by atoms with van der Waals surface area (Å²) in [6, 6.07) is 0. The number of hydrogen-bond donors (Lipinski definition) is 0. The van der Waals surface area contributed by atoms with Gasteiger partial charge in [-0.05, 0) is 15.9 Å². The molecule has 0 unspecified atom stereocenters. The van der Waals surface area contributed by atoms with Gasteiger partial charge in [0.15, 0.2) is 0 Å². The third kappa shape index (κ3) is 2.19. The standard InChI is InChI=1S/C8H16BrOP/c1-6(2)11(10,7(3)4)8(5)9/h6-7H,5H2,1-4H3. The molecule has 0 aliphatic heterocycles. The van der Waals surface area contributed by atoms with Gasteiger partial charge in [0.2, 0.25) is 0 Å². The van der Waals surface area contributed by atoms with Crippen LogP contribution >= 0.6 is 23.1 Å². The maximum absolute atomic E-state index is 12.2. The van der Waals surface area contributed by atoms with Gasteiger partial charge in [0.1, 0.15) is 7.14 Å². The summed E-state index contributed by atoms with van der Waals surface area (Å²) in [6.45, 7) is 11.6. The van der Waals surface area contributed by atoms with Crippen molar-refractivity contribution in [3.63, 3.8) is 0 Å². The second kappa shape index (κ2) is 3.91. The van der Waals surface area contributed by atoms with E-state index in [1.54, 1.807) is 0 Å². The summed E-state index contributed by atoms with van der Waals surface area (Å²) < 4.78 is 12.8. The van der Waals surface area contributed by atoms with Crippen LogP contribution in [0.2, 0.25) is 0 Å². The Balaban J connectivity index is 4.84. The molecule has 0 saturated heterocycles. The van der Waals surface area contributed by atoms with E-state index in [1.807, 2.05) is 27.7 Å². The fourth-order valence-electron chi connectivity index (χ4n) is 1.16. The van der Waals surface area contributed by atoms with Gasteiger partial charge in [-0.25, -0.2) is 0 Å². The largest absolute Gasteiger partial charge is 0.318 e. The summed E-state index contributed by atoms with van der Waals surface area (Å²) in [4.78, 5) is 0. The highest BCUT2D eigenvalue weighted by Gasteiger charge is 2.31. The minimum atomic E-state index is -2.21. The maximum Gasteiger partial charge on any atom is 0.126 e. The lowest BCUT2D eigenvalue weighted by molar-refractivity contribution is 0.568. The summed E-state index contributed by atoms with van der Waals surface area (Å²) in [5, 5.41) is 0. The average molecular weight is 239 g/mol. The van der Waals surface area contributed by atoms with E-state index in [1.165, 1.54) is 0 Å². The van der Waals surface area contributed by atoms with E-state index in [0.29, 0.717) is 4.22 Å². The Morgan fingerprint density at radius 2 is 1.55 bits per heavy atom. The Kier molecular flexibility index (Phi) is 4.07. The molecule has 1 nitrogen and oxygen atoms in total. The molecule has 0 bridgehead atoms. The van der Waals surface area contributed by atoms with E-state index in [4.69, 9.17) is 0 Å². The lowest BCUT2D eigenvalue weighted by atomic mass is 10.5. The zero-order valence-electron chi connectivity index (χ0n) is 7.60. The van der Waals surface area contributed by atoms with E-state index in [0.717, 1.165) is 0 Å². The van der Waals surface area contributed by atoms with Gasteiger partial charge in [-0.1, -0.05) is 34.3 Å². The number of rotatable bonds is 3. The fourth-order valence-corrected chi connectivity index (χ4v) is 5.93. The van der Waals surface area contributed by atoms with Gasteiger partial charge in [0, 0.05) is 15.5 Å². The molecule has 0 aliphatic carbocycles. The molecule has 66 valence electrons. The van der Waals surface area contributed by atoms with Crippen LogP contribution in [-0.4, -0.2) is 11.3 Å². The molecule has 0 heterocycles. The van der Waals surface area contributed by atoms with Gasteiger partial charge in [-0.15, -0.1) is 0 Å². The van der Waals surface area contributed by atoms with E-state index >= 15 is 0 Å². The van der Waals surface area contributed by atoms with Gasteiger partial charge in [-0.3, -0.25) is 0 Å². The van der Waals surface area contributed by atoms with Gasteiger partial charge in [0.25, 0.3) is 0 Å². The van der Waals surface area contributed by atoms with Crippen molar-refractivity contribution in [2.75, 3.05) is 0 Å². The molecule has 0 aromatic rings. The van der Waals surface area contributed by atoms with Gasteiger partial charge in [-0.2, -0.15) is 0 Å². The van der Waals surface area contributed by atoms with Crippen LogP contribution in [-0.2, 0) is 4.57 Å². The van der Waals surface area contributed by atoms with Crippen LogP contribution in [0.15, 0.2) is 10.8 Å². The zero-order chi connectivity index (χ0) is 9.23. The predicted octanol–water partition coefficient (Wildman–Crippen LogP) is 4.03. The van der Waals surface area contributed by atoms with Crippen LogP contribution in [0.4, 0.5) is 0 Å². The van der Waals surface area contributed by atoms with Crippen LogP contribution < -0.4 is 0 Å². The third-order valence-corrected chi connectivity index (χ3v) is 7.40. The summed E-state index contributed by atoms with van der Waals surface area (Å²) in [5.74, 6) is 0. The molecule has 0 fully saturated rings. The minimum absolute atomic E-state index is 0.189. The molecule has 0 N–H and O–H groups in total. The number of hydrogen-bond acceptors (Lipinski definition) is 1. The summed E-state index contributed by atoms with van der Waals surface area (Å²) >= 11 is 3.24. The van der Waals surface area contributed by atoms with Crippen LogP contribution in [0.3, 0.4) is 0 Å². The van der Waals surface area contributed by atoms with Crippen LogP contribution in [0.25, 0.3) is 0 Å². The molecule has 0 aromatic heterocycles. The third-order valence-electron chi connectivity index (χ3n) is 1.91. The quantitative estimate of drug-likeness (QED) is 0.679. The molecule has 3 heteroatoms. The monoisotopic (exact) mass is 238 g/mol. The Bertz CT molecular complexity index is 184. The van der Waals surface area contributed by atoms with Gasteiger partial charge >= 0.3 is 0 Å². The molecule has 0 rings (SSSR count). The highest BCUT2D eigenvalue weighted by molar-refractivity contribution is 9.13. The van der Waals surface area contributed by atoms with Crippen molar-refractivity contribution in [2.24, 2.45) is 0 Å². The molecule has 0 radical (unpaired) electrons. The zero-order valence-corrected chi connectivity index (χ0v) is 10.1. The minimum Gasteiger partial charge on any atom is -0.318 e. The highest BCUT2D eigenvalue weighted by atomic mass is 79.9. The lowest BCUT2D eigenvalue weighted by Crippen LogP contribution is -2.07. The fraction of sp³-hybridized carbons (Fsp3) is 0.750. The SMILES string of the molecule is C=C(Br)P(=O)(C(C)C)C(C)C. The number of halogens is 1. The first kappa shape index (κ1) is 11.4. The first-order valence-electron chi connectivity index (χ1n) is 3.77. The molecule has 0 saturated carbocycles. The van der Waals surface area contributed by atoms with Crippen molar-refractivity contribution in [1.29, 1.82) is 0 Å². The van der Waals surface area contributed by atoms with E-state index in [-0.39, 0.29) is 11.3 Å². The molecule has 0 amide bonds. The van der Waals surface area contributed by atoms with Crippen molar-refractivity contribution < 1.29 is 4.57 Å². The second-order valence-corrected chi connectivity index (χ2v) is 8.87. The van der Waals surface area contributed by atoms with Crippen LogP contribution in [0, 0.1) is 0 Å². The molecule has 0 atom stereocenters. The van der Waals surface area contributed by atoms with Crippen molar-refractivity contribution in [1.82, 2.24) is 0 Å². The molecular weight excluding hydrogens is 223 g/mol. The van der Waals surface area contributed by atoms with Crippen LogP contribution in [0.5, 0.6) is 0 Å². The van der Waals surface area contributed by atoms with Crippen molar-refractivity contribution in [3.05, 3.63) is 10.8 Å². The van der Waals surface area contributed by atoms with Crippen molar-refractivity contribution in [2.45, 2.75) is 39.0 Å². The van der Waals surface area contributed by atoms with Gasteiger partial charge < -0.3 is 4.57 Å². The Morgan fingerprint density at radius 3 is 1.55 bits per heavy atom. The molecule has 0 aliphatic rings. The molecular formula is C8H16BrOP. The van der Waals surface area contributed by atoms with Gasteiger partial charge in [0.05, 0.1) is 0 Å². The van der Waals surface area contributed by atoms with E-state index in [2.05, 4.69) is 22.5 Å². The Hall–Kier alpha value is 0.450. The normalized spacial score (nSPS) is 12.6. The summed E-state index contributed by atoms with van der Waals surface area (Å²) in [6.07, 6.45) is 0. The van der Waals surface area contributed by atoms with Crippen molar-refractivity contribution in [3.8, 4) is 0 Å². The Labute approximate surface area is 77.8 Å². The smallest absolute Gasteiger partial charge is 0.126 e. The first-order valence-corrected chi connectivity index (χ1v) is 6.41. The molecule has 0 aromatic carbocycles. The first-order chi connectivity index (χ1) is 4.83. The van der Waals surface area contributed by atoms with E-state index in [9.17, 15) is 4.57 Å². The second-order valence-electron chi connectivity index (χ2n) is 3.27. The molecule has 11 heavy (non-hydrogen) atoms. The lowest BCUT2D eigenvalue weighted by Gasteiger charge is -2.24.